The van der Waals surface area contributed by atoms with Crippen molar-refractivity contribution in [2.45, 2.75) is 45.7 Å². The maximum Gasteiger partial charge on any atom is 0.333 e. The number of hydrogen-bond acceptors (Lipinski definition) is 2. The van der Waals surface area contributed by atoms with Crippen LogP contribution >= 0.6 is 23.2 Å². The Morgan fingerprint density at radius 3 is 2.37 bits per heavy atom. The van der Waals surface area contributed by atoms with Crippen LogP contribution in [0.4, 0.5) is 5.69 Å². The number of anilines is 1. The first-order chi connectivity index (χ1) is 16.6. The van der Waals surface area contributed by atoms with Crippen LogP contribution < -0.4 is 10.6 Å². The van der Waals surface area contributed by atoms with Gasteiger partial charge in [0.15, 0.2) is 0 Å². The molecule has 0 atom stereocenters. The highest BCUT2D eigenvalue weighted by Gasteiger charge is 2.35. The fourth-order valence-corrected chi connectivity index (χ4v) is 5.45. The number of para-hydroxylation sites is 2. The molecule has 0 N–H and O–H groups in total. The molecular weight excluding hydrogens is 483 g/mol. The molecule has 1 fully saturated rings. The summed E-state index contributed by atoms with van der Waals surface area (Å²) in [5.74, 6) is 0.0867. The number of piperidine rings is 1. The number of likely N-dealkylation sites (tertiary alicyclic amines) is 1. The summed E-state index contributed by atoms with van der Waals surface area (Å²) in [6, 6.07) is 13.4. The molecule has 0 unspecified atom stereocenters. The number of carbonyl (C=O) groups excluding carboxylic acids is 1. The zero-order valence-electron chi connectivity index (χ0n) is 20.6. The number of amides is 1. The van der Waals surface area contributed by atoms with E-state index in [1.807, 2.05) is 53.6 Å². The summed E-state index contributed by atoms with van der Waals surface area (Å²) in [5.41, 5.74) is 3.29. The Morgan fingerprint density at radius 1 is 1.11 bits per heavy atom. The first-order valence-electron chi connectivity index (χ1n) is 12.1. The van der Waals surface area contributed by atoms with E-state index < -0.39 is 0 Å². The normalized spacial score (nSPS) is 20.2. The molecule has 1 aliphatic rings. The monoisotopic (exact) mass is 515 g/mol. The highest BCUT2D eigenvalue weighted by atomic mass is 35.5. The lowest BCUT2D eigenvalue weighted by Gasteiger charge is -2.43. The molecule has 0 bridgehead atoms. The SMILES string of the molecule is C=C(C)n1c(=O)n(CC[N+]2(C)CCC(N(C(=O)CC)c3ccc(Cl)c(Cl)c3)CC2)c2ccccc21. The second kappa shape index (κ2) is 10.2. The van der Waals surface area contributed by atoms with E-state index >= 15 is 0 Å². The van der Waals surface area contributed by atoms with Gasteiger partial charge in [-0.1, -0.05) is 48.8 Å². The number of nitrogens with zero attached hydrogens (tertiary/aromatic N) is 4. The molecule has 1 amide bonds. The number of aromatic nitrogens is 2. The molecule has 1 aliphatic heterocycles. The quantitative estimate of drug-likeness (QED) is 0.381. The van der Waals surface area contributed by atoms with Crippen LogP contribution in [0.25, 0.3) is 16.7 Å². The Bertz CT molecular complexity index is 1320. The molecular formula is C27H33Cl2N4O2+. The molecule has 0 spiro atoms. The molecule has 4 rings (SSSR count). The Morgan fingerprint density at radius 2 is 1.77 bits per heavy atom. The number of benzene rings is 2. The molecule has 186 valence electrons. The Kier molecular flexibility index (Phi) is 7.46. The summed E-state index contributed by atoms with van der Waals surface area (Å²) >= 11 is 12.4. The Hall–Kier alpha value is -2.54. The highest BCUT2D eigenvalue weighted by Crippen LogP contribution is 2.32. The van der Waals surface area contributed by atoms with E-state index in [9.17, 15) is 9.59 Å². The third-order valence-electron chi connectivity index (χ3n) is 7.20. The lowest BCUT2D eigenvalue weighted by Crippen LogP contribution is -2.56. The Balaban J connectivity index is 1.50. The van der Waals surface area contributed by atoms with Crippen LogP contribution in [0.1, 0.15) is 33.1 Å². The van der Waals surface area contributed by atoms with Gasteiger partial charge in [0.2, 0.25) is 5.91 Å². The van der Waals surface area contributed by atoms with Crippen LogP contribution in [-0.4, -0.2) is 52.2 Å². The van der Waals surface area contributed by atoms with Gasteiger partial charge in [-0.3, -0.25) is 13.9 Å². The second-order valence-corrected chi connectivity index (χ2v) is 10.5. The van der Waals surface area contributed by atoms with Gasteiger partial charge in [-0.05, 0) is 37.3 Å². The maximum atomic E-state index is 13.2. The van der Waals surface area contributed by atoms with Crippen molar-refractivity contribution in [1.82, 2.24) is 9.13 Å². The fourth-order valence-electron chi connectivity index (χ4n) is 5.16. The summed E-state index contributed by atoms with van der Waals surface area (Å²) in [7, 11) is 2.24. The number of likely N-dealkylation sites (N-methyl/N-ethyl adjacent to an activating group) is 1. The van der Waals surface area contributed by atoms with Gasteiger partial charge in [0.25, 0.3) is 0 Å². The number of carbonyl (C=O) groups is 1. The number of fused-ring (bicyclic) bond motifs is 1. The molecule has 0 saturated carbocycles. The summed E-state index contributed by atoms with van der Waals surface area (Å²) < 4.78 is 4.40. The smallest absolute Gasteiger partial charge is 0.324 e. The van der Waals surface area contributed by atoms with Gasteiger partial charge >= 0.3 is 5.69 Å². The number of imidazole rings is 1. The molecule has 6 nitrogen and oxygen atoms in total. The number of rotatable bonds is 7. The molecule has 3 aromatic rings. The van der Waals surface area contributed by atoms with Gasteiger partial charge in [0, 0.05) is 36.7 Å². The van der Waals surface area contributed by atoms with Gasteiger partial charge in [-0.2, -0.15) is 0 Å². The van der Waals surface area contributed by atoms with E-state index in [-0.39, 0.29) is 17.6 Å². The van der Waals surface area contributed by atoms with Crippen molar-refractivity contribution in [2.24, 2.45) is 0 Å². The summed E-state index contributed by atoms with van der Waals surface area (Å²) in [5, 5.41) is 0.935. The largest absolute Gasteiger partial charge is 0.333 e. The number of quaternary nitrogens is 1. The van der Waals surface area contributed by atoms with E-state index in [0.717, 1.165) is 53.7 Å². The topological polar surface area (TPSA) is 47.2 Å². The van der Waals surface area contributed by atoms with Crippen molar-refractivity contribution in [3.8, 4) is 0 Å². The zero-order chi connectivity index (χ0) is 25.3. The van der Waals surface area contributed by atoms with Crippen molar-refractivity contribution in [3.63, 3.8) is 0 Å². The molecule has 2 aromatic carbocycles. The number of allylic oxidation sites excluding steroid dienone is 1. The highest BCUT2D eigenvalue weighted by molar-refractivity contribution is 6.42. The molecule has 1 aromatic heterocycles. The average Bonchev–Trinajstić information content (AvgIpc) is 3.12. The lowest BCUT2D eigenvalue weighted by molar-refractivity contribution is -0.914. The summed E-state index contributed by atoms with van der Waals surface area (Å²) in [6.07, 6.45) is 2.19. The Labute approximate surface area is 216 Å². The fraction of sp³-hybridized carbons (Fsp3) is 0.407. The molecule has 1 saturated heterocycles. The van der Waals surface area contributed by atoms with Gasteiger partial charge < -0.3 is 9.38 Å². The minimum Gasteiger partial charge on any atom is -0.324 e. The zero-order valence-corrected chi connectivity index (χ0v) is 22.1. The van der Waals surface area contributed by atoms with Crippen LogP contribution in [0.15, 0.2) is 53.8 Å². The van der Waals surface area contributed by atoms with Gasteiger partial charge in [-0.25, -0.2) is 4.79 Å². The van der Waals surface area contributed by atoms with Crippen molar-refractivity contribution in [2.75, 3.05) is 31.6 Å². The predicted molar refractivity (Wildman–Crippen MR) is 145 cm³/mol. The number of hydrogen-bond donors (Lipinski definition) is 0. The molecule has 0 aliphatic carbocycles. The number of halogens is 2. The lowest BCUT2D eigenvalue weighted by atomic mass is 9.99. The van der Waals surface area contributed by atoms with Crippen molar-refractivity contribution >= 4 is 51.5 Å². The first kappa shape index (κ1) is 25.5. The standard InChI is InChI=1S/C27H33Cl2N4O2/c1-5-26(34)32(21-10-11-22(28)23(29)18-21)20-12-15-33(4,16-13-20)17-14-30-24-8-6-7-9-25(24)31(19(2)3)27(30)35/h6-11,18,20H,2,5,12-17H2,1,3-4H3/q+1. The van der Waals surface area contributed by atoms with Gasteiger partial charge in [0.1, 0.15) is 0 Å². The van der Waals surface area contributed by atoms with Crippen LogP contribution in [-0.2, 0) is 11.3 Å². The molecule has 2 heterocycles. The van der Waals surface area contributed by atoms with Gasteiger partial charge in [0.05, 0.1) is 54.3 Å². The van der Waals surface area contributed by atoms with E-state index in [0.29, 0.717) is 28.7 Å². The van der Waals surface area contributed by atoms with E-state index in [1.54, 1.807) is 16.7 Å². The minimum absolute atomic E-state index is 0.0421. The van der Waals surface area contributed by atoms with E-state index in [1.165, 1.54) is 0 Å². The van der Waals surface area contributed by atoms with Crippen molar-refractivity contribution in [3.05, 3.63) is 69.6 Å². The minimum atomic E-state index is -0.0421. The third-order valence-corrected chi connectivity index (χ3v) is 7.94. The van der Waals surface area contributed by atoms with Crippen LogP contribution in [0.2, 0.25) is 10.0 Å². The van der Waals surface area contributed by atoms with E-state index in [2.05, 4.69) is 13.6 Å². The van der Waals surface area contributed by atoms with Crippen molar-refractivity contribution < 1.29 is 9.28 Å². The maximum absolute atomic E-state index is 13.2. The van der Waals surface area contributed by atoms with Gasteiger partial charge in [-0.15, -0.1) is 0 Å². The van der Waals surface area contributed by atoms with E-state index in [4.69, 9.17) is 23.2 Å². The molecule has 0 radical (unpaired) electrons. The first-order valence-corrected chi connectivity index (χ1v) is 12.9. The van der Waals surface area contributed by atoms with Crippen LogP contribution in [0.5, 0.6) is 0 Å². The third kappa shape index (κ3) is 5.06. The second-order valence-electron chi connectivity index (χ2n) is 9.73. The summed E-state index contributed by atoms with van der Waals surface area (Å²) in [6.45, 7) is 11.0. The van der Waals surface area contributed by atoms with Crippen LogP contribution in [0.3, 0.4) is 0 Å². The summed E-state index contributed by atoms with van der Waals surface area (Å²) in [4.78, 5) is 28.0. The molecule has 35 heavy (non-hydrogen) atoms. The van der Waals surface area contributed by atoms with Crippen LogP contribution in [0, 0.1) is 0 Å². The predicted octanol–water partition coefficient (Wildman–Crippen LogP) is 5.65. The molecule has 8 heteroatoms. The average molecular weight is 516 g/mol. The van der Waals surface area contributed by atoms with Crippen molar-refractivity contribution in [1.29, 1.82) is 0 Å².